The van der Waals surface area contributed by atoms with E-state index in [0.29, 0.717) is 42.6 Å². The fourth-order valence-electron chi connectivity index (χ4n) is 7.29. The highest BCUT2D eigenvalue weighted by atomic mass is 35.5. The molecule has 2 aromatic carbocycles. The standard InChI is InChI=1S/C34H42ClN3O7S/c1-21-6-5-7-29(37(3)33(40)43-4)27-11-8-24(27)18-38-19-34(28-12-9-25(35)16-23(28)14-15-45-34)20-44-31-13-10-26(17-30(31)38)46(41,42)36-32(39)22(21)2/h5,7,9-10,12-13,16-17,21-22,24,27,29H,6,8,11,14-15,18-20H2,1-4H3,(H,36,39)/b7-5+/t21-,22+,24-,27+,29-,34+/m0/s1. The first-order valence-corrected chi connectivity index (χ1v) is 17.8. The number of carbonyl (C=O) groups excluding carboxylic acids is 2. The molecule has 4 aliphatic rings. The second-order valence-electron chi connectivity index (χ2n) is 13.2. The molecule has 2 amide bonds. The number of nitrogens with zero attached hydrogens (tertiary/aromatic N) is 2. The summed E-state index contributed by atoms with van der Waals surface area (Å²) in [5, 5.41) is 0.658. The number of hydrogen-bond acceptors (Lipinski definition) is 8. The lowest BCUT2D eigenvalue weighted by Gasteiger charge is -2.47. The Hall–Kier alpha value is -3.28. The molecule has 1 saturated carbocycles. The Bertz CT molecular complexity index is 1650. The van der Waals surface area contributed by atoms with E-state index < -0.39 is 33.5 Å². The molecule has 0 radical (unpaired) electrons. The van der Waals surface area contributed by atoms with Crippen molar-refractivity contribution in [3.63, 3.8) is 0 Å². The van der Waals surface area contributed by atoms with Gasteiger partial charge in [-0.25, -0.2) is 17.9 Å². The SMILES string of the molecule is COC(=O)N(C)[C@H]1/C=C/C[C@H](C)[C@@H](C)C(=O)NS(=O)(=O)c2ccc3c(c2)N(C[C@@H]2CC[C@H]21)C[C@]1(CO3)OCCc2cc(Cl)ccc21. The van der Waals surface area contributed by atoms with Gasteiger partial charge in [-0.2, -0.15) is 0 Å². The Labute approximate surface area is 276 Å². The normalized spacial score (nSPS) is 31.2. The molecular weight excluding hydrogens is 630 g/mol. The average Bonchev–Trinajstić information content (AvgIpc) is 3.17. The highest BCUT2D eigenvalue weighted by molar-refractivity contribution is 7.90. The molecule has 0 unspecified atom stereocenters. The van der Waals surface area contributed by atoms with Gasteiger partial charge in [0.1, 0.15) is 18.0 Å². The molecule has 2 aromatic rings. The maximum atomic E-state index is 13.6. The van der Waals surface area contributed by atoms with Crippen molar-refractivity contribution in [3.8, 4) is 5.75 Å². The van der Waals surface area contributed by atoms with E-state index in [0.717, 1.165) is 30.4 Å². The lowest BCUT2D eigenvalue weighted by atomic mass is 9.68. The van der Waals surface area contributed by atoms with E-state index in [1.54, 1.807) is 31.0 Å². The zero-order chi connectivity index (χ0) is 32.8. The van der Waals surface area contributed by atoms with E-state index in [2.05, 4.69) is 9.62 Å². The summed E-state index contributed by atoms with van der Waals surface area (Å²) >= 11 is 6.38. The van der Waals surface area contributed by atoms with Gasteiger partial charge in [0.05, 0.1) is 36.9 Å². The van der Waals surface area contributed by atoms with Gasteiger partial charge in [0, 0.05) is 24.5 Å². The quantitative estimate of drug-likeness (QED) is 0.415. The molecule has 3 aliphatic heterocycles. The van der Waals surface area contributed by atoms with E-state index in [-0.39, 0.29) is 35.3 Å². The largest absolute Gasteiger partial charge is 0.488 e. The minimum Gasteiger partial charge on any atom is -0.488 e. The molecule has 10 nitrogen and oxygen atoms in total. The molecule has 1 fully saturated rings. The smallest absolute Gasteiger partial charge is 0.409 e. The molecule has 3 heterocycles. The number of rotatable bonds is 1. The number of amides is 2. The Kier molecular flexibility index (Phi) is 9.04. The Morgan fingerprint density at radius 1 is 1.17 bits per heavy atom. The van der Waals surface area contributed by atoms with Crippen molar-refractivity contribution in [2.24, 2.45) is 23.7 Å². The third-order valence-corrected chi connectivity index (χ3v) is 12.0. The zero-order valence-electron chi connectivity index (χ0n) is 26.7. The van der Waals surface area contributed by atoms with Crippen LogP contribution in [0, 0.1) is 23.7 Å². The van der Waals surface area contributed by atoms with Crippen LogP contribution in [-0.4, -0.2) is 71.8 Å². The number of allylic oxidation sites excluding steroid dienone is 1. The van der Waals surface area contributed by atoms with Crippen LogP contribution in [-0.2, 0) is 36.3 Å². The van der Waals surface area contributed by atoms with Crippen LogP contribution < -0.4 is 14.4 Å². The van der Waals surface area contributed by atoms with Gasteiger partial charge in [0.25, 0.3) is 10.0 Å². The maximum Gasteiger partial charge on any atom is 0.409 e. The molecule has 6 atom stereocenters. The molecular formula is C34H42ClN3O7S. The molecule has 12 heteroatoms. The number of carbonyl (C=O) groups is 2. The van der Waals surface area contributed by atoms with E-state index >= 15 is 0 Å². The highest BCUT2D eigenvalue weighted by Crippen LogP contribution is 2.46. The van der Waals surface area contributed by atoms with Gasteiger partial charge < -0.3 is 24.0 Å². The van der Waals surface area contributed by atoms with Crippen LogP contribution in [0.2, 0.25) is 5.02 Å². The average molecular weight is 672 g/mol. The van der Waals surface area contributed by atoms with Gasteiger partial charge in [0.15, 0.2) is 0 Å². The summed E-state index contributed by atoms with van der Waals surface area (Å²) < 4.78 is 47.6. The first kappa shape index (κ1) is 32.7. The van der Waals surface area contributed by atoms with Crippen LogP contribution in [0.25, 0.3) is 0 Å². The number of fused-ring (bicyclic) bond motifs is 4. The lowest BCUT2D eigenvalue weighted by molar-refractivity contribution is -0.124. The van der Waals surface area contributed by atoms with Gasteiger partial charge in [-0.15, -0.1) is 0 Å². The molecule has 0 saturated heterocycles. The molecule has 46 heavy (non-hydrogen) atoms. The maximum absolute atomic E-state index is 13.6. The first-order chi connectivity index (χ1) is 21.9. The van der Waals surface area contributed by atoms with Crippen molar-refractivity contribution in [2.75, 3.05) is 45.4 Å². The number of likely N-dealkylation sites (N-methyl/N-ethyl adjacent to an activating group) is 1. The van der Waals surface area contributed by atoms with E-state index in [4.69, 9.17) is 25.8 Å². The summed E-state index contributed by atoms with van der Waals surface area (Å²) in [6.07, 6.45) is 6.76. The number of methoxy groups -OCH3 is 1. The summed E-state index contributed by atoms with van der Waals surface area (Å²) in [6, 6.07) is 10.4. The number of anilines is 1. The van der Waals surface area contributed by atoms with Crippen LogP contribution in [0.3, 0.4) is 0 Å². The topological polar surface area (TPSA) is 114 Å². The summed E-state index contributed by atoms with van der Waals surface area (Å²) in [5.41, 5.74) is 1.90. The van der Waals surface area contributed by atoms with Crippen molar-refractivity contribution in [3.05, 3.63) is 64.7 Å². The number of nitrogens with one attached hydrogen (secondary N) is 1. The molecule has 248 valence electrons. The predicted octanol–water partition coefficient (Wildman–Crippen LogP) is 5.14. The van der Waals surface area contributed by atoms with Gasteiger partial charge in [-0.1, -0.05) is 43.7 Å². The second kappa shape index (κ2) is 12.7. The minimum atomic E-state index is -4.16. The summed E-state index contributed by atoms with van der Waals surface area (Å²) in [6.45, 7) is 5.36. The molecule has 1 aliphatic carbocycles. The van der Waals surface area contributed by atoms with Crippen molar-refractivity contribution >= 4 is 39.3 Å². The van der Waals surface area contributed by atoms with Crippen LogP contribution >= 0.6 is 11.6 Å². The Balaban J connectivity index is 1.45. The Morgan fingerprint density at radius 3 is 2.72 bits per heavy atom. The van der Waals surface area contributed by atoms with Crippen LogP contribution in [0.5, 0.6) is 5.75 Å². The van der Waals surface area contributed by atoms with Crippen LogP contribution in [0.15, 0.2) is 53.4 Å². The third-order valence-electron chi connectivity index (χ3n) is 10.4. The number of benzene rings is 2. The predicted molar refractivity (Wildman–Crippen MR) is 175 cm³/mol. The monoisotopic (exact) mass is 671 g/mol. The number of ether oxygens (including phenoxy) is 3. The molecule has 1 spiro atoms. The Morgan fingerprint density at radius 2 is 1.98 bits per heavy atom. The lowest BCUT2D eigenvalue weighted by Crippen LogP contribution is -2.53. The minimum absolute atomic E-state index is 0.0128. The van der Waals surface area contributed by atoms with Gasteiger partial charge in [-0.05, 0) is 84.9 Å². The van der Waals surface area contributed by atoms with Gasteiger partial charge in [0.2, 0.25) is 5.91 Å². The summed E-state index contributed by atoms with van der Waals surface area (Å²) in [5.74, 6) is -0.420. The fraction of sp³-hybridized carbons (Fsp3) is 0.529. The third kappa shape index (κ3) is 6.09. The van der Waals surface area contributed by atoms with E-state index in [1.165, 1.54) is 13.2 Å². The van der Waals surface area contributed by atoms with Crippen molar-refractivity contribution in [2.45, 2.75) is 56.1 Å². The van der Waals surface area contributed by atoms with E-state index in [9.17, 15) is 18.0 Å². The van der Waals surface area contributed by atoms with Gasteiger partial charge >= 0.3 is 6.09 Å². The summed E-state index contributed by atoms with van der Waals surface area (Å²) in [7, 11) is -1.02. The highest BCUT2D eigenvalue weighted by Gasteiger charge is 2.46. The number of hydrogen-bond donors (Lipinski definition) is 1. The van der Waals surface area contributed by atoms with Crippen LogP contribution in [0.1, 0.15) is 44.2 Å². The zero-order valence-corrected chi connectivity index (χ0v) is 28.3. The molecule has 0 aromatic heterocycles. The van der Waals surface area contributed by atoms with Crippen LogP contribution in [0.4, 0.5) is 10.5 Å². The van der Waals surface area contributed by atoms with Gasteiger partial charge in [-0.3, -0.25) is 4.79 Å². The van der Waals surface area contributed by atoms with Crippen molar-refractivity contribution in [1.82, 2.24) is 9.62 Å². The summed E-state index contributed by atoms with van der Waals surface area (Å²) in [4.78, 5) is 29.7. The second-order valence-corrected chi connectivity index (χ2v) is 15.3. The first-order valence-electron chi connectivity index (χ1n) is 15.9. The van der Waals surface area contributed by atoms with Crippen molar-refractivity contribution in [1.29, 1.82) is 0 Å². The fourth-order valence-corrected chi connectivity index (χ4v) is 8.56. The number of sulfonamides is 1. The van der Waals surface area contributed by atoms with E-state index in [1.807, 2.05) is 37.3 Å². The molecule has 6 rings (SSSR count). The van der Waals surface area contributed by atoms with Crippen molar-refractivity contribution < 1.29 is 32.2 Å². The molecule has 2 bridgehead atoms. The molecule has 1 N–H and O–H groups in total. The number of halogens is 1.